The number of anilines is 1. The van der Waals surface area contributed by atoms with E-state index in [9.17, 15) is 19.5 Å². The largest absolute Gasteiger partial charge is 0.484 e. The number of nitrogens with one attached hydrogen (secondary N) is 1. The van der Waals surface area contributed by atoms with Crippen molar-refractivity contribution >= 4 is 23.4 Å². The van der Waals surface area contributed by atoms with Gasteiger partial charge in [-0.05, 0) is 73.7 Å². The molecule has 0 aliphatic carbocycles. The molecular formula is C38H45N5O5. The van der Waals surface area contributed by atoms with Gasteiger partial charge < -0.3 is 25.0 Å². The molecule has 1 aliphatic rings. The molecule has 252 valence electrons. The fraction of sp³-hybridized carbons (Fsp3) is 0.368. The van der Waals surface area contributed by atoms with Crippen LogP contribution in [0.4, 0.5) is 5.69 Å². The highest BCUT2D eigenvalue weighted by Gasteiger charge is 2.32. The van der Waals surface area contributed by atoms with Crippen molar-refractivity contribution in [2.24, 2.45) is 0 Å². The number of carbonyl (C=O) groups excluding carboxylic acids is 3. The number of hydrogen-bond acceptors (Lipinski definition) is 6. The Morgan fingerprint density at radius 1 is 0.938 bits per heavy atom. The lowest BCUT2D eigenvalue weighted by atomic mass is 9.93. The number of amides is 3. The van der Waals surface area contributed by atoms with Crippen LogP contribution in [-0.2, 0) is 17.8 Å². The summed E-state index contributed by atoms with van der Waals surface area (Å²) < 4.78 is 7.23. The fourth-order valence-electron chi connectivity index (χ4n) is 5.97. The Hall–Kier alpha value is -4.96. The molecule has 4 aromatic rings. The summed E-state index contributed by atoms with van der Waals surface area (Å²) in [6.45, 7) is 7.29. The molecule has 0 radical (unpaired) electrons. The van der Waals surface area contributed by atoms with E-state index in [-0.39, 0.29) is 36.5 Å². The number of fused-ring (bicyclic) bond motifs is 1. The van der Waals surface area contributed by atoms with E-state index in [2.05, 4.69) is 19.2 Å². The van der Waals surface area contributed by atoms with Gasteiger partial charge in [0.1, 0.15) is 5.75 Å². The van der Waals surface area contributed by atoms with Gasteiger partial charge in [0.15, 0.2) is 12.3 Å². The number of para-hydroxylation sites is 1. The van der Waals surface area contributed by atoms with Gasteiger partial charge in [-0.15, -0.1) is 0 Å². The van der Waals surface area contributed by atoms with Gasteiger partial charge in [0.05, 0.1) is 23.9 Å². The molecule has 2 heterocycles. The van der Waals surface area contributed by atoms with Gasteiger partial charge in [-0.3, -0.25) is 14.4 Å². The summed E-state index contributed by atoms with van der Waals surface area (Å²) in [6, 6.07) is 23.4. The third-order valence-corrected chi connectivity index (χ3v) is 8.64. The first-order valence-electron chi connectivity index (χ1n) is 16.8. The number of rotatable bonds is 14. The Morgan fingerprint density at radius 2 is 1.62 bits per heavy atom. The Kier molecular flexibility index (Phi) is 11.6. The van der Waals surface area contributed by atoms with Crippen LogP contribution in [0.2, 0.25) is 0 Å². The van der Waals surface area contributed by atoms with E-state index in [1.54, 1.807) is 46.0 Å². The van der Waals surface area contributed by atoms with Crippen LogP contribution in [0.5, 0.6) is 5.75 Å². The van der Waals surface area contributed by atoms with E-state index in [1.165, 1.54) is 0 Å². The highest BCUT2D eigenvalue weighted by atomic mass is 16.5. The van der Waals surface area contributed by atoms with Crippen molar-refractivity contribution in [2.45, 2.75) is 65.5 Å². The van der Waals surface area contributed by atoms with Gasteiger partial charge in [-0.2, -0.15) is 5.10 Å². The van der Waals surface area contributed by atoms with Gasteiger partial charge in [0.2, 0.25) is 0 Å². The standard InChI is InChI=1S/C38H45N5O5/c1-4-6-19-41(20-7-5-2)38(47)34-21-27(3)43(40-34)35-18-17-30(39-36(45)26-48-32-15-9-8-10-16-32)23-33(35)37(46)42-24-29-14-12-11-13-28(29)22-31(42)25-44/h8-18,21,23,31,44H,4-7,19-20,22,24-26H2,1-3H3,(H,39,45). The number of hydrogen-bond donors (Lipinski definition) is 2. The molecule has 0 spiro atoms. The Labute approximate surface area is 282 Å². The Balaban J connectivity index is 1.48. The van der Waals surface area contributed by atoms with Gasteiger partial charge in [0, 0.05) is 31.0 Å². The molecule has 0 saturated carbocycles. The first kappa shape index (κ1) is 34.4. The van der Waals surface area contributed by atoms with Crippen LogP contribution in [0.3, 0.4) is 0 Å². The average molecular weight is 652 g/mol. The molecule has 1 aliphatic heterocycles. The SMILES string of the molecule is CCCCN(CCCC)C(=O)c1cc(C)n(-c2ccc(NC(=O)COc3ccccc3)cc2C(=O)N2Cc3ccccc3CC2CO)n1. The Bertz CT molecular complexity index is 1710. The second-order valence-electron chi connectivity index (χ2n) is 12.2. The monoisotopic (exact) mass is 651 g/mol. The summed E-state index contributed by atoms with van der Waals surface area (Å²) in [6.07, 6.45) is 4.29. The topological polar surface area (TPSA) is 117 Å². The maximum Gasteiger partial charge on any atom is 0.274 e. The first-order valence-corrected chi connectivity index (χ1v) is 16.8. The number of carbonyl (C=O) groups is 3. The van der Waals surface area contributed by atoms with E-state index in [4.69, 9.17) is 9.84 Å². The van der Waals surface area contributed by atoms with Crippen molar-refractivity contribution in [1.29, 1.82) is 0 Å². The molecule has 48 heavy (non-hydrogen) atoms. The van der Waals surface area contributed by atoms with Crippen LogP contribution in [0.15, 0.2) is 78.9 Å². The van der Waals surface area contributed by atoms with Crippen LogP contribution in [-0.4, -0.2) is 74.8 Å². The number of ether oxygens (including phenoxy) is 1. The quantitative estimate of drug-likeness (QED) is 0.178. The third kappa shape index (κ3) is 8.12. The fourth-order valence-corrected chi connectivity index (χ4v) is 5.97. The number of unbranched alkanes of at least 4 members (excludes halogenated alkanes) is 2. The smallest absolute Gasteiger partial charge is 0.274 e. The number of aliphatic hydroxyl groups excluding tert-OH is 1. The van der Waals surface area contributed by atoms with E-state index >= 15 is 0 Å². The molecule has 1 unspecified atom stereocenters. The lowest BCUT2D eigenvalue weighted by Gasteiger charge is -2.36. The highest BCUT2D eigenvalue weighted by Crippen LogP contribution is 2.29. The predicted octanol–water partition coefficient (Wildman–Crippen LogP) is 5.80. The van der Waals surface area contributed by atoms with Gasteiger partial charge >= 0.3 is 0 Å². The summed E-state index contributed by atoms with van der Waals surface area (Å²) in [4.78, 5) is 44.5. The van der Waals surface area contributed by atoms with Crippen LogP contribution in [0.1, 0.15) is 77.2 Å². The van der Waals surface area contributed by atoms with Crippen molar-refractivity contribution in [2.75, 3.05) is 31.6 Å². The highest BCUT2D eigenvalue weighted by molar-refractivity contribution is 6.01. The summed E-state index contributed by atoms with van der Waals surface area (Å²) in [5.74, 6) is -0.262. The third-order valence-electron chi connectivity index (χ3n) is 8.64. The van der Waals surface area contributed by atoms with Crippen molar-refractivity contribution in [3.63, 3.8) is 0 Å². The molecule has 3 amide bonds. The zero-order chi connectivity index (χ0) is 34.0. The number of aliphatic hydroxyl groups is 1. The van der Waals surface area contributed by atoms with Crippen molar-refractivity contribution in [3.8, 4) is 11.4 Å². The molecule has 1 atom stereocenters. The first-order chi connectivity index (χ1) is 23.3. The molecule has 5 rings (SSSR count). The molecule has 3 aromatic carbocycles. The number of benzene rings is 3. The predicted molar refractivity (Wildman–Crippen MR) is 185 cm³/mol. The second kappa shape index (κ2) is 16.2. The molecule has 1 aromatic heterocycles. The maximum absolute atomic E-state index is 14.5. The normalized spacial score (nSPS) is 13.9. The molecule has 2 N–H and O–H groups in total. The Morgan fingerprint density at radius 3 is 2.31 bits per heavy atom. The number of aromatic nitrogens is 2. The summed E-state index contributed by atoms with van der Waals surface area (Å²) in [5.41, 5.74) is 4.29. The maximum atomic E-state index is 14.5. The van der Waals surface area contributed by atoms with E-state index in [1.807, 2.05) is 54.3 Å². The molecule has 10 nitrogen and oxygen atoms in total. The van der Waals surface area contributed by atoms with Crippen LogP contribution in [0.25, 0.3) is 5.69 Å². The average Bonchev–Trinajstić information content (AvgIpc) is 3.51. The van der Waals surface area contributed by atoms with E-state index in [0.29, 0.717) is 54.6 Å². The van der Waals surface area contributed by atoms with Crippen LogP contribution < -0.4 is 10.1 Å². The van der Waals surface area contributed by atoms with Crippen molar-refractivity contribution in [1.82, 2.24) is 19.6 Å². The lowest BCUT2D eigenvalue weighted by Crippen LogP contribution is -2.46. The van der Waals surface area contributed by atoms with E-state index in [0.717, 1.165) is 36.8 Å². The summed E-state index contributed by atoms with van der Waals surface area (Å²) in [5, 5.41) is 17.9. The van der Waals surface area contributed by atoms with Gasteiger partial charge in [0.25, 0.3) is 17.7 Å². The molecule has 0 fully saturated rings. The molecule has 0 bridgehead atoms. The van der Waals surface area contributed by atoms with Gasteiger partial charge in [-0.1, -0.05) is 69.2 Å². The summed E-state index contributed by atoms with van der Waals surface area (Å²) in [7, 11) is 0. The minimum atomic E-state index is -0.431. The van der Waals surface area contributed by atoms with Crippen LogP contribution >= 0.6 is 0 Å². The zero-order valence-corrected chi connectivity index (χ0v) is 28.0. The van der Waals surface area contributed by atoms with Crippen molar-refractivity contribution < 1.29 is 24.2 Å². The minimum Gasteiger partial charge on any atom is -0.484 e. The zero-order valence-electron chi connectivity index (χ0n) is 28.0. The molecule has 10 heteroatoms. The molecular weight excluding hydrogens is 606 g/mol. The van der Waals surface area contributed by atoms with Crippen LogP contribution in [0, 0.1) is 6.92 Å². The lowest BCUT2D eigenvalue weighted by molar-refractivity contribution is -0.118. The van der Waals surface area contributed by atoms with E-state index < -0.39 is 6.04 Å². The minimum absolute atomic E-state index is 0.137. The van der Waals surface area contributed by atoms with Gasteiger partial charge in [-0.25, -0.2) is 4.68 Å². The second-order valence-corrected chi connectivity index (χ2v) is 12.2. The molecule has 0 saturated heterocycles. The van der Waals surface area contributed by atoms with Crippen molar-refractivity contribution in [3.05, 3.63) is 107 Å². The number of nitrogens with zero attached hydrogens (tertiary/aromatic N) is 4. The number of aryl methyl sites for hydroxylation is 1. The summed E-state index contributed by atoms with van der Waals surface area (Å²) >= 11 is 0.